The first-order valence-corrected chi connectivity index (χ1v) is 6.19. The van der Waals surface area contributed by atoms with Crippen molar-refractivity contribution in [2.45, 2.75) is 0 Å². The molecule has 2 heterocycles. The number of fused-ring (bicyclic) bond motifs is 1. The highest BCUT2D eigenvalue weighted by molar-refractivity contribution is 9.10. The van der Waals surface area contributed by atoms with Crippen LogP contribution in [0.25, 0.3) is 22.7 Å². The summed E-state index contributed by atoms with van der Waals surface area (Å²) in [5.74, 6) is -0.643. The molecule has 5 nitrogen and oxygen atoms in total. The number of oxazole rings is 1. The molecule has 3 aromatic rings. The molecule has 2 aromatic heterocycles. The van der Waals surface area contributed by atoms with E-state index < -0.39 is 5.97 Å². The molecule has 0 aliphatic carbocycles. The first kappa shape index (κ1) is 11.9. The van der Waals surface area contributed by atoms with Crippen molar-refractivity contribution in [3.05, 3.63) is 46.6 Å². The van der Waals surface area contributed by atoms with Gasteiger partial charge in [0, 0.05) is 10.7 Å². The van der Waals surface area contributed by atoms with E-state index in [1.165, 1.54) is 12.1 Å². The van der Waals surface area contributed by atoms with Gasteiger partial charge in [0.25, 0.3) is 0 Å². The highest BCUT2D eigenvalue weighted by Crippen LogP contribution is 2.28. The molecule has 19 heavy (non-hydrogen) atoms. The van der Waals surface area contributed by atoms with Gasteiger partial charge in [-0.2, -0.15) is 0 Å². The molecule has 0 amide bonds. The summed E-state index contributed by atoms with van der Waals surface area (Å²) in [6.45, 7) is 0. The van der Waals surface area contributed by atoms with Gasteiger partial charge < -0.3 is 9.52 Å². The number of halogens is 1. The van der Waals surface area contributed by atoms with E-state index in [0.29, 0.717) is 22.7 Å². The van der Waals surface area contributed by atoms with Gasteiger partial charge in [0.2, 0.25) is 5.89 Å². The fraction of sp³-hybridized carbons (Fsp3) is 0. The summed E-state index contributed by atoms with van der Waals surface area (Å²) in [5, 5.41) is 8.93. The highest BCUT2D eigenvalue weighted by atomic mass is 79.9. The van der Waals surface area contributed by atoms with Crippen molar-refractivity contribution in [2.75, 3.05) is 0 Å². The largest absolute Gasteiger partial charge is 0.478 e. The first-order valence-electron chi connectivity index (χ1n) is 5.40. The summed E-state index contributed by atoms with van der Waals surface area (Å²) < 4.78 is 6.34. The van der Waals surface area contributed by atoms with Crippen molar-refractivity contribution in [3.8, 4) is 11.6 Å². The van der Waals surface area contributed by atoms with Crippen LogP contribution in [0.1, 0.15) is 10.4 Å². The van der Waals surface area contributed by atoms with Crippen LogP contribution in [0.5, 0.6) is 0 Å². The molecule has 0 spiro atoms. The van der Waals surface area contributed by atoms with Gasteiger partial charge in [-0.3, -0.25) is 0 Å². The van der Waals surface area contributed by atoms with Gasteiger partial charge >= 0.3 is 5.97 Å². The van der Waals surface area contributed by atoms with Crippen LogP contribution in [0.2, 0.25) is 0 Å². The third-order valence-electron chi connectivity index (χ3n) is 2.60. The summed E-state index contributed by atoms with van der Waals surface area (Å²) in [7, 11) is 0. The number of rotatable bonds is 2. The Morgan fingerprint density at radius 3 is 2.89 bits per heavy atom. The predicted molar refractivity (Wildman–Crippen MR) is 71.9 cm³/mol. The standard InChI is InChI=1S/C13H7BrN2O3/c14-8-2-1-5-15-11(8)12-16-9-6-7(13(17)18)3-4-10(9)19-12/h1-6H,(H,17,18). The van der Waals surface area contributed by atoms with Crippen LogP contribution in [0.4, 0.5) is 0 Å². The second kappa shape index (κ2) is 4.47. The van der Waals surface area contributed by atoms with Crippen molar-refractivity contribution >= 4 is 33.0 Å². The molecule has 0 fully saturated rings. The lowest BCUT2D eigenvalue weighted by Crippen LogP contribution is -1.94. The van der Waals surface area contributed by atoms with Crippen LogP contribution in [-0.2, 0) is 0 Å². The summed E-state index contributed by atoms with van der Waals surface area (Å²) in [6.07, 6.45) is 1.64. The lowest BCUT2D eigenvalue weighted by Gasteiger charge is -1.95. The maximum absolute atomic E-state index is 10.9. The Bertz CT molecular complexity index is 782. The summed E-state index contributed by atoms with van der Waals surface area (Å²) in [6, 6.07) is 8.17. The molecule has 0 aliphatic rings. The average molecular weight is 319 g/mol. The van der Waals surface area contributed by atoms with Crippen LogP contribution < -0.4 is 0 Å². The molecule has 0 saturated heterocycles. The minimum absolute atomic E-state index is 0.174. The second-order valence-corrected chi connectivity index (χ2v) is 4.69. The Labute approximate surface area is 116 Å². The summed E-state index contributed by atoms with van der Waals surface area (Å²) in [4.78, 5) is 19.3. The van der Waals surface area contributed by atoms with E-state index >= 15 is 0 Å². The molecule has 0 atom stereocenters. The van der Waals surface area contributed by atoms with Crippen LogP contribution in [0.15, 0.2) is 45.4 Å². The van der Waals surface area contributed by atoms with E-state index in [0.717, 1.165) is 4.47 Å². The van der Waals surface area contributed by atoms with Crippen molar-refractivity contribution in [1.29, 1.82) is 0 Å². The SMILES string of the molecule is O=C(O)c1ccc2oc(-c3ncccc3Br)nc2c1. The fourth-order valence-corrected chi connectivity index (χ4v) is 2.13. The van der Waals surface area contributed by atoms with Crippen LogP contribution in [0, 0.1) is 0 Å². The second-order valence-electron chi connectivity index (χ2n) is 3.84. The van der Waals surface area contributed by atoms with Crippen molar-refractivity contribution in [2.24, 2.45) is 0 Å². The van der Waals surface area contributed by atoms with Gasteiger partial charge in [0.15, 0.2) is 5.58 Å². The molecule has 0 radical (unpaired) electrons. The van der Waals surface area contributed by atoms with E-state index in [2.05, 4.69) is 25.9 Å². The number of carboxylic acids is 1. The Morgan fingerprint density at radius 2 is 2.16 bits per heavy atom. The van der Waals surface area contributed by atoms with Gasteiger partial charge in [-0.05, 0) is 46.3 Å². The van der Waals surface area contributed by atoms with E-state index in [9.17, 15) is 4.79 Å². The molecule has 3 rings (SSSR count). The number of aromatic carboxylic acids is 1. The average Bonchev–Trinajstić information content (AvgIpc) is 2.81. The highest BCUT2D eigenvalue weighted by Gasteiger charge is 2.13. The Hall–Kier alpha value is -2.21. The van der Waals surface area contributed by atoms with Gasteiger partial charge in [-0.25, -0.2) is 14.8 Å². The number of carbonyl (C=O) groups is 1. The number of benzene rings is 1. The van der Waals surface area contributed by atoms with E-state index in [-0.39, 0.29) is 5.56 Å². The third kappa shape index (κ3) is 2.10. The maximum Gasteiger partial charge on any atom is 0.335 e. The minimum Gasteiger partial charge on any atom is -0.478 e. The van der Waals surface area contributed by atoms with Gasteiger partial charge in [-0.15, -0.1) is 0 Å². The molecule has 0 aliphatic heterocycles. The van der Waals surface area contributed by atoms with Gasteiger partial charge in [0.1, 0.15) is 11.2 Å². The maximum atomic E-state index is 10.9. The molecule has 0 unspecified atom stereocenters. The monoisotopic (exact) mass is 318 g/mol. The molecule has 6 heteroatoms. The molecular formula is C13H7BrN2O3. The number of hydrogen-bond donors (Lipinski definition) is 1. The zero-order chi connectivity index (χ0) is 13.4. The number of carboxylic acid groups (broad SMARTS) is 1. The number of nitrogens with zero attached hydrogens (tertiary/aromatic N) is 2. The molecule has 0 saturated carbocycles. The van der Waals surface area contributed by atoms with E-state index in [1.807, 2.05) is 6.07 Å². The Morgan fingerprint density at radius 1 is 1.32 bits per heavy atom. The van der Waals surface area contributed by atoms with E-state index in [1.54, 1.807) is 18.3 Å². The number of hydrogen-bond acceptors (Lipinski definition) is 4. The zero-order valence-corrected chi connectivity index (χ0v) is 11.1. The van der Waals surface area contributed by atoms with Gasteiger partial charge in [-0.1, -0.05) is 0 Å². The minimum atomic E-state index is -0.995. The quantitative estimate of drug-likeness (QED) is 0.784. The molecule has 1 N–H and O–H groups in total. The molecule has 1 aromatic carbocycles. The molecule has 0 bridgehead atoms. The topological polar surface area (TPSA) is 76.2 Å². The third-order valence-corrected chi connectivity index (χ3v) is 3.24. The van der Waals surface area contributed by atoms with Crippen molar-refractivity contribution < 1.29 is 14.3 Å². The fourth-order valence-electron chi connectivity index (χ4n) is 1.70. The van der Waals surface area contributed by atoms with Gasteiger partial charge in [0.05, 0.1) is 5.56 Å². The lowest BCUT2D eigenvalue weighted by molar-refractivity contribution is 0.0697. The lowest BCUT2D eigenvalue weighted by atomic mass is 10.2. The summed E-state index contributed by atoms with van der Waals surface area (Å²) in [5.41, 5.74) is 1.77. The molecule has 94 valence electrons. The normalized spacial score (nSPS) is 10.8. The Balaban J connectivity index is 2.17. The zero-order valence-electron chi connectivity index (χ0n) is 9.50. The first-order chi connectivity index (χ1) is 9.15. The van der Waals surface area contributed by atoms with Crippen LogP contribution in [0.3, 0.4) is 0 Å². The number of pyridine rings is 1. The van der Waals surface area contributed by atoms with E-state index in [4.69, 9.17) is 9.52 Å². The van der Waals surface area contributed by atoms with Crippen LogP contribution >= 0.6 is 15.9 Å². The predicted octanol–water partition coefficient (Wildman–Crippen LogP) is 3.35. The number of aromatic nitrogens is 2. The Kier molecular flexibility index (Phi) is 2.79. The summed E-state index contributed by atoms with van der Waals surface area (Å²) >= 11 is 3.37. The smallest absolute Gasteiger partial charge is 0.335 e. The van der Waals surface area contributed by atoms with Crippen LogP contribution in [-0.4, -0.2) is 21.0 Å². The van der Waals surface area contributed by atoms with Crippen molar-refractivity contribution in [3.63, 3.8) is 0 Å². The van der Waals surface area contributed by atoms with Crippen molar-refractivity contribution in [1.82, 2.24) is 9.97 Å². The molecular weight excluding hydrogens is 312 g/mol.